The molecule has 74 valence electrons. The average molecular weight is 309 g/mol. The Morgan fingerprint density at radius 2 is 2.00 bits per heavy atom. The Bertz CT molecular complexity index is 206. The van der Waals surface area contributed by atoms with Crippen LogP contribution in [-0.2, 0) is 9.84 Å². The Hall–Kier alpha value is 0.570. The van der Waals surface area contributed by atoms with Gasteiger partial charge >= 0.3 is 0 Å². The standard InChI is InChI=1S/C6H13FINO2S/c1-2-5-12(10,11)6-3-4-9(7)8/h2-6H2,1H3. The highest BCUT2D eigenvalue weighted by Gasteiger charge is 2.09. The highest BCUT2D eigenvalue weighted by molar-refractivity contribution is 14.1. The summed E-state index contributed by atoms with van der Waals surface area (Å²) in [5.74, 6) is 0.296. The molecular formula is C6H13FINO2S. The molecule has 0 aromatic heterocycles. The van der Waals surface area contributed by atoms with E-state index >= 15 is 0 Å². The molecule has 0 amide bonds. The highest BCUT2D eigenvalue weighted by Crippen LogP contribution is 2.02. The second-order valence-electron chi connectivity index (χ2n) is 2.53. The molecule has 3 nitrogen and oxygen atoms in total. The molecule has 0 unspecified atom stereocenters. The number of halogens is 2. The zero-order valence-electron chi connectivity index (χ0n) is 6.96. The molecule has 0 atom stereocenters. The van der Waals surface area contributed by atoms with Gasteiger partial charge in [0, 0.05) is 12.3 Å². The molecule has 0 saturated carbocycles. The van der Waals surface area contributed by atoms with Crippen molar-refractivity contribution in [2.75, 3.05) is 18.1 Å². The number of nitrogens with zero attached hydrogens (tertiary/aromatic N) is 1. The minimum Gasteiger partial charge on any atom is -0.229 e. The van der Waals surface area contributed by atoms with E-state index < -0.39 is 9.84 Å². The lowest BCUT2D eigenvalue weighted by molar-refractivity contribution is 0.189. The molecule has 0 aromatic carbocycles. The molecule has 0 aliphatic heterocycles. The largest absolute Gasteiger partial charge is 0.229 e. The number of hydrogen-bond donors (Lipinski definition) is 0. The van der Waals surface area contributed by atoms with Crippen molar-refractivity contribution >= 4 is 32.7 Å². The molecule has 0 aromatic rings. The zero-order valence-corrected chi connectivity index (χ0v) is 9.94. The lowest BCUT2D eigenvalue weighted by atomic mass is 10.5. The van der Waals surface area contributed by atoms with E-state index in [-0.39, 0.29) is 18.1 Å². The van der Waals surface area contributed by atoms with Crippen LogP contribution >= 0.6 is 22.9 Å². The molecule has 0 aliphatic rings. The van der Waals surface area contributed by atoms with Gasteiger partial charge in [-0.2, -0.15) is 0 Å². The fraction of sp³-hybridized carbons (Fsp3) is 1.00. The van der Waals surface area contributed by atoms with Gasteiger partial charge < -0.3 is 0 Å². The first kappa shape index (κ1) is 12.6. The van der Waals surface area contributed by atoms with Crippen LogP contribution in [0.5, 0.6) is 0 Å². The Labute approximate surface area is 86.7 Å². The molecule has 0 spiro atoms. The lowest BCUT2D eigenvalue weighted by Gasteiger charge is -2.03. The first-order valence-corrected chi connectivity index (χ1v) is 6.56. The fourth-order valence-electron chi connectivity index (χ4n) is 0.817. The summed E-state index contributed by atoms with van der Waals surface area (Å²) in [5, 5.41) is 0. The van der Waals surface area contributed by atoms with Crippen LogP contribution in [0.4, 0.5) is 4.48 Å². The van der Waals surface area contributed by atoms with Crippen molar-refractivity contribution in [2.24, 2.45) is 0 Å². The molecule has 0 aliphatic carbocycles. The van der Waals surface area contributed by atoms with Crippen molar-refractivity contribution in [3.05, 3.63) is 0 Å². The van der Waals surface area contributed by atoms with Gasteiger partial charge in [0.25, 0.3) is 0 Å². The van der Waals surface area contributed by atoms with Crippen molar-refractivity contribution < 1.29 is 12.9 Å². The predicted molar refractivity (Wildman–Crippen MR) is 55.4 cm³/mol. The van der Waals surface area contributed by atoms with Gasteiger partial charge in [0.1, 0.15) is 9.84 Å². The molecule has 0 saturated heterocycles. The molecule has 0 fully saturated rings. The summed E-state index contributed by atoms with van der Waals surface area (Å²) >= 11 is 1.49. The normalized spacial score (nSPS) is 12.3. The maximum atomic E-state index is 12.1. The molecule has 6 heteroatoms. The van der Waals surface area contributed by atoms with E-state index in [1.807, 2.05) is 6.92 Å². The Kier molecular flexibility index (Phi) is 6.38. The van der Waals surface area contributed by atoms with E-state index in [2.05, 4.69) is 0 Å². The van der Waals surface area contributed by atoms with Gasteiger partial charge in [0.05, 0.1) is 28.6 Å². The monoisotopic (exact) mass is 309 g/mol. The minimum absolute atomic E-state index is 0.0876. The van der Waals surface area contributed by atoms with Crippen molar-refractivity contribution in [1.29, 1.82) is 0 Å². The first-order valence-electron chi connectivity index (χ1n) is 3.77. The van der Waals surface area contributed by atoms with Gasteiger partial charge in [-0.3, -0.25) is 0 Å². The third kappa shape index (κ3) is 7.23. The molecular weight excluding hydrogens is 296 g/mol. The van der Waals surface area contributed by atoms with E-state index in [0.29, 0.717) is 16.2 Å². The van der Waals surface area contributed by atoms with Crippen LogP contribution < -0.4 is 0 Å². The minimum atomic E-state index is -2.92. The summed E-state index contributed by atoms with van der Waals surface area (Å²) in [6.45, 7) is 1.99. The smallest absolute Gasteiger partial charge is 0.150 e. The van der Waals surface area contributed by atoms with Crippen LogP contribution in [0.3, 0.4) is 0 Å². The van der Waals surface area contributed by atoms with Gasteiger partial charge in [0.15, 0.2) is 0 Å². The third-order valence-electron chi connectivity index (χ3n) is 1.30. The molecule has 0 rings (SSSR count). The first-order chi connectivity index (χ1) is 5.48. The van der Waals surface area contributed by atoms with E-state index in [1.54, 1.807) is 0 Å². The SMILES string of the molecule is CCCS(=O)(=O)CCCN(F)I. The molecule has 0 radical (unpaired) electrons. The summed E-state index contributed by atoms with van der Waals surface area (Å²) in [7, 11) is -2.92. The van der Waals surface area contributed by atoms with Gasteiger partial charge in [-0.25, -0.2) is 8.42 Å². The molecule has 0 N–H and O–H groups in total. The van der Waals surface area contributed by atoms with Crippen LogP contribution in [-0.4, -0.2) is 29.8 Å². The zero-order chi connectivity index (χ0) is 9.61. The second kappa shape index (κ2) is 6.09. The van der Waals surface area contributed by atoms with E-state index in [4.69, 9.17) is 0 Å². The predicted octanol–water partition coefficient (Wildman–Crippen LogP) is 1.74. The number of hydrogen-bond acceptors (Lipinski definition) is 3. The summed E-state index contributed by atoms with van der Waals surface area (Å²) in [4.78, 5) is 0. The summed E-state index contributed by atoms with van der Waals surface area (Å²) in [6, 6.07) is 0. The quantitative estimate of drug-likeness (QED) is 0.554. The van der Waals surface area contributed by atoms with Crippen LogP contribution in [0.15, 0.2) is 0 Å². The van der Waals surface area contributed by atoms with Crippen molar-refractivity contribution in [3.8, 4) is 0 Å². The van der Waals surface area contributed by atoms with E-state index in [0.717, 1.165) is 0 Å². The Morgan fingerprint density at radius 1 is 1.42 bits per heavy atom. The molecule has 0 bridgehead atoms. The lowest BCUT2D eigenvalue weighted by Crippen LogP contribution is -2.13. The van der Waals surface area contributed by atoms with Gasteiger partial charge in [-0.1, -0.05) is 10.3 Å². The van der Waals surface area contributed by atoms with Crippen molar-refractivity contribution in [2.45, 2.75) is 19.8 Å². The van der Waals surface area contributed by atoms with Gasteiger partial charge in [-0.05, 0) is 12.8 Å². The molecule has 12 heavy (non-hydrogen) atoms. The maximum Gasteiger partial charge on any atom is 0.150 e. The van der Waals surface area contributed by atoms with Crippen LogP contribution in [0.1, 0.15) is 19.8 Å². The average Bonchev–Trinajstić information content (AvgIpc) is 1.85. The Balaban J connectivity index is 3.62. The fourth-order valence-corrected chi connectivity index (χ4v) is 2.55. The number of sulfone groups is 1. The Morgan fingerprint density at radius 3 is 2.42 bits per heavy atom. The summed E-state index contributed by atoms with van der Waals surface area (Å²) in [5.41, 5.74) is 0. The number of rotatable bonds is 6. The van der Waals surface area contributed by atoms with Crippen molar-refractivity contribution in [1.82, 2.24) is 3.34 Å². The summed E-state index contributed by atoms with van der Waals surface area (Å²) < 4.78 is 34.7. The summed E-state index contributed by atoms with van der Waals surface area (Å²) in [6.07, 6.45) is 0.994. The van der Waals surface area contributed by atoms with Crippen molar-refractivity contribution in [3.63, 3.8) is 0 Å². The topological polar surface area (TPSA) is 37.4 Å². The maximum absolute atomic E-state index is 12.1. The van der Waals surface area contributed by atoms with E-state index in [1.165, 1.54) is 22.9 Å². The van der Waals surface area contributed by atoms with Crippen LogP contribution in [0.2, 0.25) is 0 Å². The second-order valence-corrected chi connectivity index (χ2v) is 5.88. The van der Waals surface area contributed by atoms with Gasteiger partial charge in [0.2, 0.25) is 0 Å². The van der Waals surface area contributed by atoms with Gasteiger partial charge in [-0.15, -0.1) is 4.48 Å². The van der Waals surface area contributed by atoms with Crippen LogP contribution in [0.25, 0.3) is 0 Å². The third-order valence-corrected chi connectivity index (χ3v) is 3.72. The highest BCUT2D eigenvalue weighted by atomic mass is 127. The molecule has 0 heterocycles. The van der Waals surface area contributed by atoms with E-state index in [9.17, 15) is 12.9 Å². The van der Waals surface area contributed by atoms with Crippen LogP contribution in [0, 0.1) is 0 Å².